The molecular weight excluding hydrogens is 360 g/mol. The molecule has 0 aromatic heterocycles. The third-order valence-corrected chi connectivity index (χ3v) is 3.78. The molecule has 2 aromatic rings. The lowest BCUT2D eigenvalue weighted by atomic mass is 10.1. The maximum absolute atomic E-state index is 11.9. The molecule has 146 valence electrons. The van der Waals surface area contributed by atoms with Crippen LogP contribution in [0.4, 0.5) is 11.4 Å². The standard InChI is InChI=1S/C21H22N2O5/c1-15(24)16-10-12-18(13-11-16)22-19(25)8-5-9-21(27)28-14-20(26)23-17-6-3-2-4-7-17/h2-4,6-7,10-13H,5,8-9,14H2,1H3,(H,22,25)(H,23,26). The number of ketones is 1. The predicted molar refractivity (Wildman–Crippen MR) is 105 cm³/mol. The number of ether oxygens (including phenoxy) is 1. The second-order valence-electron chi connectivity index (χ2n) is 6.11. The van der Waals surface area contributed by atoms with Gasteiger partial charge in [-0.3, -0.25) is 19.2 Å². The van der Waals surface area contributed by atoms with Crippen LogP contribution < -0.4 is 10.6 Å². The quantitative estimate of drug-likeness (QED) is 0.512. The van der Waals surface area contributed by atoms with Crippen molar-refractivity contribution in [2.45, 2.75) is 26.2 Å². The van der Waals surface area contributed by atoms with Crippen LogP contribution in [-0.2, 0) is 19.1 Å². The summed E-state index contributed by atoms with van der Waals surface area (Å²) >= 11 is 0. The number of anilines is 2. The van der Waals surface area contributed by atoms with Gasteiger partial charge in [0.2, 0.25) is 5.91 Å². The predicted octanol–water partition coefficient (Wildman–Crippen LogP) is 3.18. The van der Waals surface area contributed by atoms with Crippen LogP contribution in [0.2, 0.25) is 0 Å². The number of esters is 1. The Bertz CT molecular complexity index is 832. The van der Waals surface area contributed by atoms with E-state index in [9.17, 15) is 19.2 Å². The first-order chi connectivity index (χ1) is 13.4. The van der Waals surface area contributed by atoms with Gasteiger partial charge in [-0.05, 0) is 49.7 Å². The van der Waals surface area contributed by atoms with E-state index in [1.807, 2.05) is 6.07 Å². The molecule has 0 saturated carbocycles. The Kier molecular flexibility index (Phi) is 7.90. The summed E-state index contributed by atoms with van der Waals surface area (Å²) in [6.07, 6.45) is 0.478. The third-order valence-electron chi connectivity index (χ3n) is 3.78. The monoisotopic (exact) mass is 382 g/mol. The Balaban J connectivity index is 1.62. The molecule has 2 N–H and O–H groups in total. The number of hydrogen-bond donors (Lipinski definition) is 2. The second-order valence-corrected chi connectivity index (χ2v) is 6.11. The van der Waals surface area contributed by atoms with Crippen LogP contribution in [0.15, 0.2) is 54.6 Å². The molecule has 28 heavy (non-hydrogen) atoms. The highest BCUT2D eigenvalue weighted by Crippen LogP contribution is 2.11. The number of amides is 2. The first-order valence-electron chi connectivity index (χ1n) is 8.85. The Hall–Kier alpha value is -3.48. The molecule has 2 amide bonds. The van der Waals surface area contributed by atoms with Crippen molar-refractivity contribution in [1.82, 2.24) is 0 Å². The van der Waals surface area contributed by atoms with Crippen LogP contribution >= 0.6 is 0 Å². The normalized spacial score (nSPS) is 10.0. The SMILES string of the molecule is CC(=O)c1ccc(NC(=O)CCCC(=O)OCC(=O)Nc2ccccc2)cc1. The third kappa shape index (κ3) is 7.41. The van der Waals surface area contributed by atoms with Crippen LogP contribution in [-0.4, -0.2) is 30.2 Å². The van der Waals surface area contributed by atoms with Crippen LogP contribution in [0, 0.1) is 0 Å². The first-order valence-corrected chi connectivity index (χ1v) is 8.85. The van der Waals surface area contributed by atoms with E-state index in [0.717, 1.165) is 0 Å². The van der Waals surface area contributed by atoms with Gasteiger partial charge >= 0.3 is 5.97 Å². The van der Waals surface area contributed by atoms with Gasteiger partial charge in [0.05, 0.1) is 0 Å². The molecule has 0 radical (unpaired) electrons. The van der Waals surface area contributed by atoms with E-state index in [4.69, 9.17) is 4.74 Å². The molecule has 0 atom stereocenters. The molecule has 0 aliphatic heterocycles. The summed E-state index contributed by atoms with van der Waals surface area (Å²) in [5, 5.41) is 5.30. The summed E-state index contributed by atoms with van der Waals surface area (Å²) in [4.78, 5) is 46.5. The summed E-state index contributed by atoms with van der Waals surface area (Å²) < 4.78 is 4.90. The summed E-state index contributed by atoms with van der Waals surface area (Å²) in [7, 11) is 0. The lowest BCUT2D eigenvalue weighted by molar-refractivity contribution is -0.147. The molecule has 0 spiro atoms. The van der Waals surface area contributed by atoms with E-state index >= 15 is 0 Å². The summed E-state index contributed by atoms with van der Waals surface area (Å²) in [5.74, 6) is -1.26. The molecule has 0 unspecified atom stereocenters. The fourth-order valence-corrected chi connectivity index (χ4v) is 2.34. The zero-order valence-electron chi connectivity index (χ0n) is 15.6. The second kappa shape index (κ2) is 10.6. The van der Waals surface area contributed by atoms with Gasteiger partial charge in [0.1, 0.15) is 0 Å². The fraction of sp³-hybridized carbons (Fsp3) is 0.238. The van der Waals surface area contributed by atoms with Crippen molar-refractivity contribution in [3.63, 3.8) is 0 Å². The van der Waals surface area contributed by atoms with Crippen molar-refractivity contribution < 1.29 is 23.9 Å². The van der Waals surface area contributed by atoms with Crippen molar-refractivity contribution in [3.05, 3.63) is 60.2 Å². The highest BCUT2D eigenvalue weighted by atomic mass is 16.5. The van der Waals surface area contributed by atoms with Gasteiger partial charge in [-0.1, -0.05) is 18.2 Å². The Labute approximate surface area is 163 Å². The molecule has 2 aromatic carbocycles. The number of carbonyl (C=O) groups excluding carboxylic acids is 4. The summed E-state index contributed by atoms with van der Waals surface area (Å²) in [5.41, 5.74) is 1.77. The molecule has 7 heteroatoms. The summed E-state index contributed by atoms with van der Waals surface area (Å²) in [6, 6.07) is 15.4. The fourth-order valence-electron chi connectivity index (χ4n) is 2.34. The molecule has 0 fully saturated rings. The van der Waals surface area contributed by atoms with Crippen molar-refractivity contribution in [3.8, 4) is 0 Å². The van der Waals surface area contributed by atoms with Gasteiger partial charge in [-0.15, -0.1) is 0 Å². The van der Waals surface area contributed by atoms with Gasteiger partial charge < -0.3 is 15.4 Å². The van der Waals surface area contributed by atoms with E-state index in [2.05, 4.69) is 10.6 Å². The maximum atomic E-state index is 11.9. The zero-order chi connectivity index (χ0) is 20.4. The smallest absolute Gasteiger partial charge is 0.306 e. The van der Waals surface area contributed by atoms with E-state index < -0.39 is 11.9 Å². The minimum Gasteiger partial charge on any atom is -0.456 e. The Morgan fingerprint density at radius 1 is 0.786 bits per heavy atom. The number of hydrogen-bond acceptors (Lipinski definition) is 5. The Morgan fingerprint density at radius 3 is 2.04 bits per heavy atom. The average molecular weight is 382 g/mol. The van der Waals surface area contributed by atoms with Crippen molar-refractivity contribution in [2.24, 2.45) is 0 Å². The van der Waals surface area contributed by atoms with Gasteiger partial charge in [-0.2, -0.15) is 0 Å². The molecule has 2 rings (SSSR count). The lowest BCUT2D eigenvalue weighted by Gasteiger charge is -2.07. The van der Waals surface area contributed by atoms with Crippen molar-refractivity contribution >= 4 is 34.9 Å². The highest BCUT2D eigenvalue weighted by Gasteiger charge is 2.10. The molecule has 0 saturated heterocycles. The van der Waals surface area contributed by atoms with E-state index in [0.29, 0.717) is 23.4 Å². The van der Waals surface area contributed by atoms with E-state index in [1.165, 1.54) is 6.92 Å². The van der Waals surface area contributed by atoms with Crippen LogP contribution in [0.5, 0.6) is 0 Å². The van der Waals surface area contributed by atoms with E-state index in [1.54, 1.807) is 48.5 Å². The number of para-hydroxylation sites is 1. The molecule has 0 heterocycles. The average Bonchev–Trinajstić information content (AvgIpc) is 2.67. The number of carbonyl (C=O) groups is 4. The lowest BCUT2D eigenvalue weighted by Crippen LogP contribution is -2.21. The van der Waals surface area contributed by atoms with Crippen LogP contribution in [0.1, 0.15) is 36.5 Å². The van der Waals surface area contributed by atoms with E-state index in [-0.39, 0.29) is 31.1 Å². The molecular formula is C21H22N2O5. The zero-order valence-corrected chi connectivity index (χ0v) is 15.6. The number of nitrogens with one attached hydrogen (secondary N) is 2. The van der Waals surface area contributed by atoms with Crippen LogP contribution in [0.25, 0.3) is 0 Å². The highest BCUT2D eigenvalue weighted by molar-refractivity contribution is 5.95. The van der Waals surface area contributed by atoms with Crippen molar-refractivity contribution in [2.75, 3.05) is 17.2 Å². The largest absolute Gasteiger partial charge is 0.456 e. The van der Waals surface area contributed by atoms with Gasteiger partial charge in [0.15, 0.2) is 12.4 Å². The molecule has 0 bridgehead atoms. The Morgan fingerprint density at radius 2 is 1.39 bits per heavy atom. The maximum Gasteiger partial charge on any atom is 0.306 e. The minimum absolute atomic E-state index is 0.0370. The number of Topliss-reactive ketones (excluding diaryl/α,β-unsaturated/α-hetero) is 1. The van der Waals surface area contributed by atoms with Gasteiger partial charge in [0.25, 0.3) is 5.91 Å². The minimum atomic E-state index is -0.540. The van der Waals surface area contributed by atoms with Gasteiger partial charge in [-0.25, -0.2) is 0 Å². The van der Waals surface area contributed by atoms with Crippen LogP contribution in [0.3, 0.4) is 0 Å². The molecule has 0 aliphatic carbocycles. The number of rotatable bonds is 9. The topological polar surface area (TPSA) is 102 Å². The first kappa shape index (κ1) is 20.8. The summed E-state index contributed by atoms with van der Waals surface area (Å²) in [6.45, 7) is 1.10. The van der Waals surface area contributed by atoms with Crippen molar-refractivity contribution in [1.29, 1.82) is 0 Å². The molecule has 7 nitrogen and oxygen atoms in total. The number of benzene rings is 2. The molecule has 0 aliphatic rings. The van der Waals surface area contributed by atoms with Gasteiger partial charge in [0, 0.05) is 29.8 Å².